The summed E-state index contributed by atoms with van der Waals surface area (Å²) in [5, 5.41) is 3.37. The molecule has 21 heavy (non-hydrogen) atoms. The third-order valence-corrected chi connectivity index (χ3v) is 4.18. The summed E-state index contributed by atoms with van der Waals surface area (Å²) in [5.41, 5.74) is 5.80. The Balaban J connectivity index is 1.55. The van der Waals surface area contributed by atoms with Gasteiger partial charge in [0.1, 0.15) is 0 Å². The molecule has 0 fully saturated rings. The lowest BCUT2D eigenvalue weighted by atomic mass is 10.1. The van der Waals surface area contributed by atoms with Crippen molar-refractivity contribution in [1.82, 2.24) is 10.2 Å². The van der Waals surface area contributed by atoms with E-state index in [1.807, 2.05) is 0 Å². The highest BCUT2D eigenvalue weighted by molar-refractivity contribution is 5.31. The number of benzene rings is 2. The van der Waals surface area contributed by atoms with E-state index in [4.69, 9.17) is 0 Å². The van der Waals surface area contributed by atoms with E-state index < -0.39 is 0 Å². The van der Waals surface area contributed by atoms with E-state index in [2.05, 4.69) is 65.7 Å². The summed E-state index contributed by atoms with van der Waals surface area (Å²) in [5.74, 6) is 0. The Hall–Kier alpha value is -1.64. The second-order valence-corrected chi connectivity index (χ2v) is 5.83. The molecule has 0 atom stereocenters. The molecule has 2 aromatic rings. The van der Waals surface area contributed by atoms with Crippen LogP contribution in [0.25, 0.3) is 0 Å². The smallest absolute Gasteiger partial charge is 0.0244 e. The van der Waals surface area contributed by atoms with Gasteiger partial charge in [-0.25, -0.2) is 0 Å². The van der Waals surface area contributed by atoms with Crippen LogP contribution in [-0.4, -0.2) is 18.0 Å². The molecule has 110 valence electrons. The van der Waals surface area contributed by atoms with Gasteiger partial charge in [0, 0.05) is 19.6 Å². The van der Waals surface area contributed by atoms with Crippen LogP contribution in [-0.2, 0) is 26.1 Å². The molecule has 0 bridgehead atoms. The van der Waals surface area contributed by atoms with Gasteiger partial charge in [0.25, 0.3) is 0 Å². The SMILES string of the molecule is CCNCCc1ccc(CN2Cc3ccccc3C2)cc1. The predicted octanol–water partition coefficient (Wildman–Crippen LogP) is 3.35. The van der Waals surface area contributed by atoms with E-state index >= 15 is 0 Å². The molecule has 0 amide bonds. The molecule has 0 saturated heterocycles. The van der Waals surface area contributed by atoms with Gasteiger partial charge in [-0.2, -0.15) is 0 Å². The number of nitrogens with one attached hydrogen (secondary N) is 1. The molecule has 1 aliphatic rings. The highest BCUT2D eigenvalue weighted by Crippen LogP contribution is 2.23. The maximum absolute atomic E-state index is 3.37. The van der Waals surface area contributed by atoms with Crippen LogP contribution in [0.15, 0.2) is 48.5 Å². The fraction of sp³-hybridized carbons (Fsp3) is 0.368. The molecular formula is C19H24N2. The van der Waals surface area contributed by atoms with E-state index in [0.717, 1.165) is 39.1 Å². The Morgan fingerprint density at radius 1 is 0.905 bits per heavy atom. The number of hydrogen-bond acceptors (Lipinski definition) is 2. The molecule has 0 saturated carbocycles. The Kier molecular flexibility index (Phi) is 4.69. The molecule has 0 aromatic heterocycles. The summed E-state index contributed by atoms with van der Waals surface area (Å²) in [6.45, 7) is 7.47. The van der Waals surface area contributed by atoms with Crippen molar-refractivity contribution in [1.29, 1.82) is 0 Å². The zero-order valence-corrected chi connectivity index (χ0v) is 12.8. The Labute approximate surface area is 127 Å². The van der Waals surface area contributed by atoms with Crippen molar-refractivity contribution in [3.8, 4) is 0 Å². The first kappa shape index (κ1) is 14.3. The molecule has 1 aliphatic heterocycles. The van der Waals surface area contributed by atoms with E-state index in [9.17, 15) is 0 Å². The van der Waals surface area contributed by atoms with Gasteiger partial charge in [0.05, 0.1) is 0 Å². The lowest BCUT2D eigenvalue weighted by Crippen LogP contribution is -2.16. The predicted molar refractivity (Wildman–Crippen MR) is 88.1 cm³/mol. The summed E-state index contributed by atoms with van der Waals surface area (Å²) in [6, 6.07) is 17.9. The maximum Gasteiger partial charge on any atom is 0.0244 e. The van der Waals surface area contributed by atoms with Crippen molar-refractivity contribution in [3.05, 3.63) is 70.8 Å². The Morgan fingerprint density at radius 2 is 1.52 bits per heavy atom. The Bertz CT molecular complexity index is 549. The molecule has 0 aliphatic carbocycles. The molecule has 1 heterocycles. The summed E-state index contributed by atoms with van der Waals surface area (Å²) < 4.78 is 0. The first-order valence-corrected chi connectivity index (χ1v) is 7.93. The first-order chi connectivity index (χ1) is 10.3. The van der Waals surface area contributed by atoms with Gasteiger partial charge in [0.2, 0.25) is 0 Å². The molecule has 0 unspecified atom stereocenters. The summed E-state index contributed by atoms with van der Waals surface area (Å²) >= 11 is 0. The van der Waals surface area contributed by atoms with Crippen LogP contribution in [0.2, 0.25) is 0 Å². The number of likely N-dealkylation sites (N-methyl/N-ethyl adjacent to an activating group) is 1. The standard InChI is InChI=1S/C19H24N2/c1-2-20-12-11-16-7-9-17(10-8-16)13-21-14-18-5-3-4-6-19(18)15-21/h3-10,20H,2,11-15H2,1H3. The molecule has 3 rings (SSSR count). The largest absolute Gasteiger partial charge is 0.317 e. The van der Waals surface area contributed by atoms with Crippen LogP contribution >= 0.6 is 0 Å². The normalized spacial score (nSPS) is 14.3. The minimum atomic E-state index is 1.04. The highest BCUT2D eigenvalue weighted by Gasteiger charge is 2.17. The molecule has 2 aromatic carbocycles. The summed E-state index contributed by atoms with van der Waals surface area (Å²) in [6.07, 6.45) is 1.11. The van der Waals surface area contributed by atoms with Crippen molar-refractivity contribution in [3.63, 3.8) is 0 Å². The second-order valence-electron chi connectivity index (χ2n) is 5.83. The number of rotatable bonds is 6. The minimum Gasteiger partial charge on any atom is -0.317 e. The van der Waals surface area contributed by atoms with Gasteiger partial charge in [-0.15, -0.1) is 0 Å². The highest BCUT2D eigenvalue weighted by atomic mass is 15.1. The van der Waals surface area contributed by atoms with Gasteiger partial charge in [-0.3, -0.25) is 4.90 Å². The van der Waals surface area contributed by atoms with Crippen LogP contribution in [0.1, 0.15) is 29.2 Å². The van der Waals surface area contributed by atoms with Crippen LogP contribution in [0.3, 0.4) is 0 Å². The molecule has 0 radical (unpaired) electrons. The summed E-state index contributed by atoms with van der Waals surface area (Å²) in [7, 11) is 0. The molecule has 0 spiro atoms. The van der Waals surface area contributed by atoms with Gasteiger partial charge in [-0.05, 0) is 41.8 Å². The summed E-state index contributed by atoms with van der Waals surface area (Å²) in [4.78, 5) is 2.51. The maximum atomic E-state index is 3.37. The Morgan fingerprint density at radius 3 is 2.14 bits per heavy atom. The van der Waals surface area contributed by atoms with E-state index in [-0.39, 0.29) is 0 Å². The van der Waals surface area contributed by atoms with Gasteiger partial charge in [-0.1, -0.05) is 55.5 Å². The van der Waals surface area contributed by atoms with Crippen molar-refractivity contribution < 1.29 is 0 Å². The van der Waals surface area contributed by atoms with Crippen LogP contribution in [0.4, 0.5) is 0 Å². The molecule has 2 heteroatoms. The first-order valence-electron chi connectivity index (χ1n) is 7.93. The third kappa shape index (κ3) is 3.72. The molecular weight excluding hydrogens is 256 g/mol. The quantitative estimate of drug-likeness (QED) is 0.816. The minimum absolute atomic E-state index is 1.04. The monoisotopic (exact) mass is 280 g/mol. The fourth-order valence-electron chi connectivity index (χ4n) is 2.99. The van der Waals surface area contributed by atoms with Crippen LogP contribution in [0.5, 0.6) is 0 Å². The topological polar surface area (TPSA) is 15.3 Å². The number of hydrogen-bond donors (Lipinski definition) is 1. The van der Waals surface area contributed by atoms with Gasteiger partial charge >= 0.3 is 0 Å². The zero-order chi connectivity index (χ0) is 14.5. The third-order valence-electron chi connectivity index (χ3n) is 4.18. The van der Waals surface area contributed by atoms with Crippen molar-refractivity contribution in [2.45, 2.75) is 33.0 Å². The van der Waals surface area contributed by atoms with E-state index in [1.165, 1.54) is 22.3 Å². The average molecular weight is 280 g/mol. The van der Waals surface area contributed by atoms with Crippen LogP contribution in [0, 0.1) is 0 Å². The lowest BCUT2D eigenvalue weighted by Gasteiger charge is -2.15. The number of fused-ring (bicyclic) bond motifs is 1. The molecule has 2 nitrogen and oxygen atoms in total. The second kappa shape index (κ2) is 6.88. The van der Waals surface area contributed by atoms with Crippen LogP contribution < -0.4 is 5.32 Å². The van der Waals surface area contributed by atoms with Crippen molar-refractivity contribution >= 4 is 0 Å². The molecule has 1 N–H and O–H groups in total. The fourth-order valence-corrected chi connectivity index (χ4v) is 2.99. The lowest BCUT2D eigenvalue weighted by molar-refractivity contribution is 0.275. The van der Waals surface area contributed by atoms with Crippen molar-refractivity contribution in [2.24, 2.45) is 0 Å². The van der Waals surface area contributed by atoms with Crippen molar-refractivity contribution in [2.75, 3.05) is 13.1 Å². The zero-order valence-electron chi connectivity index (χ0n) is 12.8. The van der Waals surface area contributed by atoms with Gasteiger partial charge in [0.15, 0.2) is 0 Å². The van der Waals surface area contributed by atoms with Gasteiger partial charge < -0.3 is 5.32 Å². The number of nitrogens with zero attached hydrogens (tertiary/aromatic N) is 1. The average Bonchev–Trinajstić information content (AvgIpc) is 2.91. The van der Waals surface area contributed by atoms with E-state index in [1.54, 1.807) is 0 Å². The van der Waals surface area contributed by atoms with E-state index in [0.29, 0.717) is 0 Å².